The van der Waals surface area contributed by atoms with Gasteiger partial charge in [0.1, 0.15) is 12.1 Å². The number of carbonyl (C=O) groups is 1. The highest BCUT2D eigenvalue weighted by molar-refractivity contribution is 5.65. The van der Waals surface area contributed by atoms with E-state index in [0.29, 0.717) is 36.9 Å². The van der Waals surface area contributed by atoms with E-state index in [2.05, 4.69) is 14.8 Å². The molecule has 0 saturated heterocycles. The van der Waals surface area contributed by atoms with Crippen molar-refractivity contribution in [3.05, 3.63) is 60.4 Å². The van der Waals surface area contributed by atoms with Crippen LogP contribution in [0, 0.1) is 5.92 Å². The Morgan fingerprint density at radius 3 is 2.41 bits per heavy atom. The minimum Gasteiger partial charge on any atom is -0.465 e. The number of alkyl halides is 3. The molecule has 0 radical (unpaired) electrons. The molecule has 10 heteroatoms. The zero-order valence-corrected chi connectivity index (χ0v) is 17.0. The van der Waals surface area contributed by atoms with Gasteiger partial charge in [-0.3, -0.25) is 0 Å². The molecule has 7 nitrogen and oxygen atoms in total. The van der Waals surface area contributed by atoms with Gasteiger partial charge < -0.3 is 14.7 Å². The largest absolute Gasteiger partial charge is 0.573 e. The third kappa shape index (κ3) is 5.77. The number of amides is 1. The first kappa shape index (κ1) is 21.7. The maximum absolute atomic E-state index is 12.3. The fourth-order valence-corrected chi connectivity index (χ4v) is 3.28. The molecule has 0 atom stereocenters. The van der Waals surface area contributed by atoms with Crippen molar-refractivity contribution >= 4 is 6.09 Å². The number of rotatable bonds is 8. The van der Waals surface area contributed by atoms with Crippen molar-refractivity contribution in [1.29, 1.82) is 0 Å². The molecule has 1 amide bonds. The highest BCUT2D eigenvalue weighted by atomic mass is 19.4. The van der Waals surface area contributed by atoms with Crippen LogP contribution < -0.4 is 4.74 Å². The van der Waals surface area contributed by atoms with Crippen LogP contribution in [0.3, 0.4) is 0 Å². The van der Waals surface area contributed by atoms with Crippen LogP contribution in [-0.2, 0) is 6.42 Å². The van der Waals surface area contributed by atoms with Crippen molar-refractivity contribution in [2.75, 3.05) is 13.1 Å². The summed E-state index contributed by atoms with van der Waals surface area (Å²) in [6.45, 7) is 1.05. The summed E-state index contributed by atoms with van der Waals surface area (Å²) in [5.74, 6) is 0.659. The van der Waals surface area contributed by atoms with E-state index in [0.717, 1.165) is 24.0 Å². The van der Waals surface area contributed by atoms with Crippen molar-refractivity contribution in [1.82, 2.24) is 19.7 Å². The first-order chi connectivity index (χ1) is 15.3. The fourth-order valence-electron chi connectivity index (χ4n) is 3.28. The van der Waals surface area contributed by atoms with E-state index in [1.165, 1.54) is 40.2 Å². The van der Waals surface area contributed by atoms with E-state index in [-0.39, 0.29) is 5.75 Å². The maximum atomic E-state index is 12.3. The Hall–Kier alpha value is -3.56. The molecular weight excluding hydrogens is 425 g/mol. The van der Waals surface area contributed by atoms with Crippen LogP contribution in [0.1, 0.15) is 18.4 Å². The standard InChI is InChI=1S/C22H21F3N4O3/c23-22(24,25)32-19-9-7-18(8-10-19)29-14-26-20(27-29)17-5-3-15(4-6-17)11-12-28(21(30)31)13-16-1-2-16/h3-10,14,16H,1-2,11-13H2,(H,30,31). The molecule has 1 aromatic heterocycles. The highest BCUT2D eigenvalue weighted by Crippen LogP contribution is 2.30. The number of aromatic nitrogens is 3. The molecule has 0 bridgehead atoms. The van der Waals surface area contributed by atoms with E-state index in [1.54, 1.807) is 0 Å². The molecule has 1 N–H and O–H groups in total. The normalized spacial score (nSPS) is 13.7. The molecule has 0 spiro atoms. The summed E-state index contributed by atoms with van der Waals surface area (Å²) in [6.07, 6.45) is -1.33. The third-order valence-electron chi connectivity index (χ3n) is 5.16. The quantitative estimate of drug-likeness (QED) is 0.539. The van der Waals surface area contributed by atoms with E-state index < -0.39 is 12.5 Å². The Labute approximate surface area is 182 Å². The smallest absolute Gasteiger partial charge is 0.465 e. The minimum atomic E-state index is -4.74. The Morgan fingerprint density at radius 1 is 1.12 bits per heavy atom. The van der Waals surface area contributed by atoms with Crippen LogP contribution in [0.15, 0.2) is 54.9 Å². The highest BCUT2D eigenvalue weighted by Gasteiger charge is 2.31. The van der Waals surface area contributed by atoms with E-state index >= 15 is 0 Å². The average Bonchev–Trinajstić information content (AvgIpc) is 3.43. The summed E-state index contributed by atoms with van der Waals surface area (Å²) in [4.78, 5) is 17.1. The topological polar surface area (TPSA) is 80.5 Å². The van der Waals surface area contributed by atoms with Crippen LogP contribution >= 0.6 is 0 Å². The van der Waals surface area contributed by atoms with Crippen LogP contribution in [0.25, 0.3) is 17.1 Å². The number of hydrogen-bond donors (Lipinski definition) is 1. The molecule has 1 aliphatic rings. The van der Waals surface area contributed by atoms with Crippen molar-refractivity contribution in [3.8, 4) is 22.8 Å². The van der Waals surface area contributed by atoms with Gasteiger partial charge in [-0.15, -0.1) is 18.3 Å². The van der Waals surface area contributed by atoms with Gasteiger partial charge in [0, 0.05) is 18.7 Å². The van der Waals surface area contributed by atoms with Gasteiger partial charge in [-0.1, -0.05) is 24.3 Å². The van der Waals surface area contributed by atoms with Gasteiger partial charge in [0.05, 0.1) is 5.69 Å². The molecule has 1 saturated carbocycles. The zero-order valence-electron chi connectivity index (χ0n) is 17.0. The number of halogens is 3. The first-order valence-electron chi connectivity index (χ1n) is 10.1. The van der Waals surface area contributed by atoms with E-state index in [1.807, 2.05) is 24.3 Å². The van der Waals surface area contributed by atoms with Crippen LogP contribution in [0.2, 0.25) is 0 Å². The molecule has 3 aromatic rings. The molecule has 168 valence electrons. The van der Waals surface area contributed by atoms with Gasteiger partial charge in [-0.25, -0.2) is 14.5 Å². The summed E-state index contributed by atoms with van der Waals surface area (Å²) in [6, 6.07) is 12.9. The number of carboxylic acid groups (broad SMARTS) is 1. The van der Waals surface area contributed by atoms with E-state index in [4.69, 9.17) is 0 Å². The molecule has 1 fully saturated rings. The predicted octanol–water partition coefficient (Wildman–Crippen LogP) is 4.77. The first-order valence-corrected chi connectivity index (χ1v) is 10.1. The Kier molecular flexibility index (Phi) is 6.02. The lowest BCUT2D eigenvalue weighted by molar-refractivity contribution is -0.274. The average molecular weight is 446 g/mol. The Morgan fingerprint density at radius 2 is 1.81 bits per heavy atom. The SMILES string of the molecule is O=C(O)N(CCc1ccc(-c2ncn(-c3ccc(OC(F)(F)F)cc3)n2)cc1)CC1CC1. The fraction of sp³-hybridized carbons (Fsp3) is 0.318. The molecule has 4 rings (SSSR count). The summed E-state index contributed by atoms with van der Waals surface area (Å²) in [5.41, 5.74) is 2.33. The summed E-state index contributed by atoms with van der Waals surface area (Å²) < 4.78 is 42.2. The summed E-state index contributed by atoms with van der Waals surface area (Å²) in [5, 5.41) is 13.7. The Bertz CT molecular complexity index is 1060. The number of hydrogen-bond acceptors (Lipinski definition) is 4. The minimum absolute atomic E-state index is 0.309. The second-order valence-electron chi connectivity index (χ2n) is 7.67. The monoisotopic (exact) mass is 446 g/mol. The van der Waals surface area contributed by atoms with Gasteiger partial charge in [-0.05, 0) is 55.0 Å². The Balaban J connectivity index is 1.38. The zero-order chi connectivity index (χ0) is 22.7. The molecule has 1 heterocycles. The second kappa shape index (κ2) is 8.89. The lowest BCUT2D eigenvalue weighted by Gasteiger charge is -2.18. The lowest BCUT2D eigenvalue weighted by atomic mass is 10.1. The third-order valence-corrected chi connectivity index (χ3v) is 5.16. The lowest BCUT2D eigenvalue weighted by Crippen LogP contribution is -2.33. The summed E-state index contributed by atoms with van der Waals surface area (Å²) >= 11 is 0. The molecular formula is C22H21F3N4O3. The van der Waals surface area contributed by atoms with Crippen molar-refractivity contribution < 1.29 is 27.8 Å². The van der Waals surface area contributed by atoms with Gasteiger partial charge in [-0.2, -0.15) is 0 Å². The molecule has 32 heavy (non-hydrogen) atoms. The molecule has 0 aliphatic heterocycles. The second-order valence-corrected chi connectivity index (χ2v) is 7.67. The van der Waals surface area contributed by atoms with Crippen LogP contribution in [0.5, 0.6) is 5.75 Å². The number of ether oxygens (including phenoxy) is 1. The van der Waals surface area contributed by atoms with Gasteiger partial charge in [0.15, 0.2) is 5.82 Å². The van der Waals surface area contributed by atoms with Crippen LogP contribution in [0.4, 0.5) is 18.0 Å². The van der Waals surface area contributed by atoms with Crippen LogP contribution in [-0.4, -0.2) is 50.3 Å². The number of nitrogens with zero attached hydrogens (tertiary/aromatic N) is 4. The maximum Gasteiger partial charge on any atom is 0.573 e. The summed E-state index contributed by atoms with van der Waals surface area (Å²) in [7, 11) is 0. The van der Waals surface area contributed by atoms with Gasteiger partial charge in [0.2, 0.25) is 0 Å². The van der Waals surface area contributed by atoms with Gasteiger partial charge >= 0.3 is 12.5 Å². The van der Waals surface area contributed by atoms with E-state index in [9.17, 15) is 23.1 Å². The molecule has 2 aromatic carbocycles. The number of benzene rings is 2. The van der Waals surface area contributed by atoms with Crippen molar-refractivity contribution in [3.63, 3.8) is 0 Å². The van der Waals surface area contributed by atoms with Gasteiger partial charge in [0.25, 0.3) is 0 Å². The molecule has 1 aliphatic carbocycles. The predicted molar refractivity (Wildman–Crippen MR) is 110 cm³/mol. The molecule has 0 unspecified atom stereocenters. The van der Waals surface area contributed by atoms with Crippen molar-refractivity contribution in [2.24, 2.45) is 5.92 Å². The van der Waals surface area contributed by atoms with Crippen molar-refractivity contribution in [2.45, 2.75) is 25.6 Å².